The van der Waals surface area contributed by atoms with Crippen molar-refractivity contribution in [1.29, 1.82) is 0 Å². The zero-order valence-electron chi connectivity index (χ0n) is 11.3. The zero-order valence-corrected chi connectivity index (χ0v) is 11.3. The molecule has 2 aromatic rings. The van der Waals surface area contributed by atoms with Gasteiger partial charge in [-0.2, -0.15) is 4.80 Å². The summed E-state index contributed by atoms with van der Waals surface area (Å²) in [6.45, 7) is 4.12. The molecular weight excluding hydrogens is 242 g/mol. The molecule has 0 saturated heterocycles. The van der Waals surface area contributed by atoms with Crippen LogP contribution < -0.4 is 0 Å². The van der Waals surface area contributed by atoms with Crippen LogP contribution in [0, 0.1) is 6.92 Å². The van der Waals surface area contributed by atoms with Crippen LogP contribution in [0.2, 0.25) is 0 Å². The molecule has 6 heteroatoms. The molecule has 0 aliphatic rings. The fourth-order valence-electron chi connectivity index (χ4n) is 1.89. The molecule has 1 aromatic heterocycles. The summed E-state index contributed by atoms with van der Waals surface area (Å²) in [4.78, 5) is 3.54. The summed E-state index contributed by atoms with van der Waals surface area (Å²) < 4.78 is 0. The largest absolute Gasteiger partial charge is 0.395 e. The second-order valence-corrected chi connectivity index (χ2v) is 4.61. The van der Waals surface area contributed by atoms with Gasteiger partial charge in [0.1, 0.15) is 0 Å². The summed E-state index contributed by atoms with van der Waals surface area (Å²) in [5, 5.41) is 21.1. The Kier molecular flexibility index (Phi) is 4.59. The van der Waals surface area contributed by atoms with Crippen molar-refractivity contribution in [2.45, 2.75) is 20.0 Å². The summed E-state index contributed by atoms with van der Waals surface area (Å²) >= 11 is 0. The molecule has 0 saturated carbocycles. The van der Waals surface area contributed by atoms with Gasteiger partial charge in [0.25, 0.3) is 0 Å². The summed E-state index contributed by atoms with van der Waals surface area (Å²) in [6, 6.07) is 8.38. The highest BCUT2D eigenvalue weighted by atomic mass is 16.3. The summed E-state index contributed by atoms with van der Waals surface area (Å²) in [7, 11) is 1.74. The lowest BCUT2D eigenvalue weighted by Gasteiger charge is -2.19. The molecule has 102 valence electrons. The molecule has 19 heavy (non-hydrogen) atoms. The van der Waals surface area contributed by atoms with Gasteiger partial charge in [-0.15, -0.1) is 10.2 Å². The fraction of sp³-hybridized carbons (Fsp3) is 0.462. The Labute approximate surface area is 112 Å². The van der Waals surface area contributed by atoms with E-state index in [-0.39, 0.29) is 6.61 Å². The first-order valence-corrected chi connectivity index (χ1v) is 6.29. The van der Waals surface area contributed by atoms with Gasteiger partial charge in [-0.25, -0.2) is 0 Å². The number of hydrogen-bond acceptors (Lipinski definition) is 5. The predicted octanol–water partition coefficient (Wildman–Crippen LogP) is 0.513. The first-order valence-electron chi connectivity index (χ1n) is 6.29. The average molecular weight is 261 g/mol. The van der Waals surface area contributed by atoms with Crippen molar-refractivity contribution in [3.05, 3.63) is 41.2 Å². The van der Waals surface area contributed by atoms with E-state index in [4.69, 9.17) is 5.11 Å². The van der Waals surface area contributed by atoms with Gasteiger partial charge < -0.3 is 5.11 Å². The average Bonchev–Trinajstić information content (AvgIpc) is 2.78. The Morgan fingerprint density at radius 1 is 1.21 bits per heavy atom. The van der Waals surface area contributed by atoms with Crippen molar-refractivity contribution in [2.24, 2.45) is 7.05 Å². The lowest BCUT2D eigenvalue weighted by Crippen LogP contribution is -2.26. The van der Waals surface area contributed by atoms with Crippen molar-refractivity contribution in [3.63, 3.8) is 0 Å². The van der Waals surface area contributed by atoms with Gasteiger partial charge >= 0.3 is 0 Å². The first-order chi connectivity index (χ1) is 9.17. The molecule has 2 rings (SSSR count). The van der Waals surface area contributed by atoms with Crippen LogP contribution in [-0.4, -0.2) is 43.4 Å². The second-order valence-electron chi connectivity index (χ2n) is 4.61. The Hall–Kier alpha value is -1.79. The van der Waals surface area contributed by atoms with E-state index in [2.05, 4.69) is 51.5 Å². The lowest BCUT2D eigenvalue weighted by atomic mass is 10.1. The third kappa shape index (κ3) is 4.11. The molecule has 0 unspecified atom stereocenters. The van der Waals surface area contributed by atoms with E-state index in [9.17, 15) is 0 Å². The maximum atomic E-state index is 9.14. The van der Waals surface area contributed by atoms with Crippen molar-refractivity contribution in [2.75, 3.05) is 13.2 Å². The highest BCUT2D eigenvalue weighted by molar-refractivity contribution is 5.21. The van der Waals surface area contributed by atoms with Gasteiger partial charge in [0.15, 0.2) is 5.82 Å². The minimum absolute atomic E-state index is 0.117. The topological polar surface area (TPSA) is 67.1 Å². The molecule has 0 aliphatic carbocycles. The monoisotopic (exact) mass is 261 g/mol. The van der Waals surface area contributed by atoms with E-state index in [0.717, 1.165) is 6.54 Å². The Balaban J connectivity index is 2.01. The minimum atomic E-state index is 0.117. The number of aromatic nitrogens is 4. The van der Waals surface area contributed by atoms with Crippen LogP contribution in [-0.2, 0) is 20.1 Å². The van der Waals surface area contributed by atoms with Crippen molar-refractivity contribution in [1.82, 2.24) is 25.1 Å². The Morgan fingerprint density at radius 3 is 2.53 bits per heavy atom. The molecule has 0 amide bonds. The Bertz CT molecular complexity index is 508. The number of tetrazole rings is 1. The quantitative estimate of drug-likeness (QED) is 0.821. The number of hydrogen-bond donors (Lipinski definition) is 1. The van der Waals surface area contributed by atoms with Gasteiger partial charge in [-0.3, -0.25) is 4.90 Å². The van der Waals surface area contributed by atoms with E-state index in [0.29, 0.717) is 18.9 Å². The Morgan fingerprint density at radius 2 is 1.95 bits per heavy atom. The van der Waals surface area contributed by atoms with E-state index in [1.807, 2.05) is 0 Å². The van der Waals surface area contributed by atoms with Gasteiger partial charge in [0, 0.05) is 13.1 Å². The molecule has 1 N–H and O–H groups in total. The van der Waals surface area contributed by atoms with Gasteiger partial charge in [0.2, 0.25) is 0 Å². The predicted molar refractivity (Wildman–Crippen MR) is 71.2 cm³/mol. The van der Waals surface area contributed by atoms with Crippen LogP contribution in [0.1, 0.15) is 17.0 Å². The fourth-order valence-corrected chi connectivity index (χ4v) is 1.89. The van der Waals surface area contributed by atoms with Crippen LogP contribution in [0.4, 0.5) is 0 Å². The standard InChI is InChI=1S/C13H19N5O/c1-11-3-5-12(6-4-11)9-18(7-8-19)10-13-14-16-17(2)15-13/h3-6,19H,7-10H2,1-2H3. The number of rotatable bonds is 6. The third-order valence-electron chi connectivity index (χ3n) is 2.86. The SMILES string of the molecule is Cc1ccc(CN(CCO)Cc2nnn(C)n2)cc1. The highest BCUT2D eigenvalue weighted by Gasteiger charge is 2.10. The van der Waals surface area contributed by atoms with Crippen molar-refractivity contribution < 1.29 is 5.11 Å². The molecule has 6 nitrogen and oxygen atoms in total. The second kappa shape index (κ2) is 6.40. The minimum Gasteiger partial charge on any atom is -0.395 e. The van der Waals surface area contributed by atoms with Crippen LogP contribution in [0.25, 0.3) is 0 Å². The number of aliphatic hydroxyl groups excluding tert-OH is 1. The smallest absolute Gasteiger partial charge is 0.188 e. The summed E-state index contributed by atoms with van der Waals surface area (Å²) in [5.74, 6) is 0.670. The number of aliphatic hydroxyl groups is 1. The van der Waals surface area contributed by atoms with Crippen LogP contribution in [0.15, 0.2) is 24.3 Å². The molecule has 0 bridgehead atoms. The van der Waals surface area contributed by atoms with Gasteiger partial charge in [-0.05, 0) is 17.7 Å². The molecule has 0 radical (unpaired) electrons. The third-order valence-corrected chi connectivity index (χ3v) is 2.86. The number of benzene rings is 1. The van der Waals surface area contributed by atoms with E-state index in [1.165, 1.54) is 15.9 Å². The molecule has 0 atom stereocenters. The maximum Gasteiger partial charge on any atom is 0.188 e. The zero-order chi connectivity index (χ0) is 13.7. The van der Waals surface area contributed by atoms with Crippen LogP contribution in [0.5, 0.6) is 0 Å². The van der Waals surface area contributed by atoms with Crippen molar-refractivity contribution >= 4 is 0 Å². The molecule has 1 heterocycles. The molecule has 0 fully saturated rings. The van der Waals surface area contributed by atoms with E-state index >= 15 is 0 Å². The summed E-state index contributed by atoms with van der Waals surface area (Å²) in [5.41, 5.74) is 2.45. The van der Waals surface area contributed by atoms with E-state index < -0.39 is 0 Å². The van der Waals surface area contributed by atoms with Gasteiger partial charge in [0.05, 0.1) is 20.2 Å². The molecule has 0 spiro atoms. The molecule has 1 aromatic carbocycles. The molecule has 0 aliphatic heterocycles. The highest BCUT2D eigenvalue weighted by Crippen LogP contribution is 2.08. The van der Waals surface area contributed by atoms with E-state index in [1.54, 1.807) is 7.05 Å². The van der Waals surface area contributed by atoms with Gasteiger partial charge in [-0.1, -0.05) is 29.8 Å². The summed E-state index contributed by atoms with van der Waals surface area (Å²) in [6.07, 6.45) is 0. The lowest BCUT2D eigenvalue weighted by molar-refractivity contribution is 0.181. The normalized spacial score (nSPS) is 11.2. The number of nitrogens with zero attached hydrogens (tertiary/aromatic N) is 5. The first kappa shape index (κ1) is 13.6. The molecular formula is C13H19N5O. The van der Waals surface area contributed by atoms with Crippen molar-refractivity contribution in [3.8, 4) is 0 Å². The maximum absolute atomic E-state index is 9.14. The van der Waals surface area contributed by atoms with Crippen LogP contribution in [0.3, 0.4) is 0 Å². The van der Waals surface area contributed by atoms with Crippen LogP contribution >= 0.6 is 0 Å². The number of aryl methyl sites for hydroxylation is 2.